The molecule has 22 heavy (non-hydrogen) atoms. The Balaban J connectivity index is 1.92. The van der Waals surface area contributed by atoms with Crippen molar-refractivity contribution in [2.24, 2.45) is 0 Å². The smallest absolute Gasteiger partial charge is 0.149 e. The molecule has 0 aliphatic carbocycles. The zero-order valence-electron chi connectivity index (χ0n) is 13.6. The number of hydrogen-bond acceptors (Lipinski definition) is 4. The lowest BCUT2D eigenvalue weighted by Crippen LogP contribution is -2.30. The van der Waals surface area contributed by atoms with Crippen molar-refractivity contribution >= 4 is 5.69 Å². The van der Waals surface area contributed by atoms with Gasteiger partial charge in [-0.25, -0.2) is 0 Å². The Kier molecular flexibility index (Phi) is 6.59. The molecule has 0 saturated carbocycles. The van der Waals surface area contributed by atoms with Crippen LogP contribution in [0.3, 0.4) is 0 Å². The highest BCUT2D eigenvalue weighted by molar-refractivity contribution is 5.62. The summed E-state index contributed by atoms with van der Waals surface area (Å²) < 4.78 is 11.7. The molecule has 1 heterocycles. The predicted molar refractivity (Wildman–Crippen MR) is 91.7 cm³/mol. The second kappa shape index (κ2) is 8.69. The lowest BCUT2D eigenvalue weighted by Gasteiger charge is -2.24. The second-order valence-electron chi connectivity index (χ2n) is 5.68. The summed E-state index contributed by atoms with van der Waals surface area (Å²) in [6.45, 7) is 10.5. The molecule has 0 fully saturated rings. The van der Waals surface area contributed by atoms with Gasteiger partial charge in [0.05, 0.1) is 12.3 Å². The van der Waals surface area contributed by atoms with Crippen molar-refractivity contribution in [1.82, 2.24) is 4.90 Å². The van der Waals surface area contributed by atoms with E-state index in [2.05, 4.69) is 18.4 Å². The molecule has 0 bridgehead atoms. The minimum absolute atomic E-state index is 0.688. The monoisotopic (exact) mass is 304 g/mol. The summed E-state index contributed by atoms with van der Waals surface area (Å²) in [6.07, 6.45) is 6.14. The van der Waals surface area contributed by atoms with Crippen molar-refractivity contribution in [3.05, 3.63) is 30.4 Å². The Morgan fingerprint density at radius 3 is 3.00 bits per heavy atom. The number of nitrogen functional groups attached to an aromatic ring is 1. The molecule has 2 rings (SSSR count). The summed E-state index contributed by atoms with van der Waals surface area (Å²) in [5, 5.41) is 0. The Hall–Kier alpha value is -1.68. The molecule has 122 valence electrons. The molecular formula is C18H28N2O2. The maximum atomic E-state index is 6.01. The van der Waals surface area contributed by atoms with E-state index in [1.54, 1.807) is 0 Å². The van der Waals surface area contributed by atoms with Crippen LogP contribution in [0.2, 0.25) is 0 Å². The molecular weight excluding hydrogens is 276 g/mol. The third-order valence-corrected chi connectivity index (χ3v) is 3.92. The van der Waals surface area contributed by atoms with E-state index >= 15 is 0 Å². The Labute approximate surface area is 133 Å². The maximum absolute atomic E-state index is 6.01. The first-order valence-electron chi connectivity index (χ1n) is 8.26. The number of fused-ring (bicyclic) bond motifs is 1. The van der Waals surface area contributed by atoms with Gasteiger partial charge in [0.2, 0.25) is 0 Å². The van der Waals surface area contributed by atoms with Crippen LogP contribution in [-0.2, 0) is 6.42 Å². The van der Waals surface area contributed by atoms with E-state index in [4.69, 9.17) is 15.2 Å². The van der Waals surface area contributed by atoms with Crippen LogP contribution >= 0.6 is 0 Å². The number of nitrogens with zero attached hydrogens (tertiary/aromatic N) is 1. The maximum Gasteiger partial charge on any atom is 0.149 e. The van der Waals surface area contributed by atoms with E-state index in [1.165, 1.54) is 0 Å². The van der Waals surface area contributed by atoms with E-state index in [0.717, 1.165) is 69.0 Å². The first-order valence-corrected chi connectivity index (χ1v) is 8.26. The number of hydrogen-bond donors (Lipinski definition) is 1. The lowest BCUT2D eigenvalue weighted by molar-refractivity contribution is 0.207. The summed E-state index contributed by atoms with van der Waals surface area (Å²) >= 11 is 0. The van der Waals surface area contributed by atoms with E-state index in [1.807, 2.05) is 18.2 Å². The normalized spacial score (nSPS) is 13.5. The molecule has 4 heteroatoms. The van der Waals surface area contributed by atoms with Crippen LogP contribution in [0.15, 0.2) is 24.8 Å². The van der Waals surface area contributed by atoms with Gasteiger partial charge in [-0.1, -0.05) is 13.0 Å². The van der Waals surface area contributed by atoms with E-state index in [-0.39, 0.29) is 0 Å². The number of anilines is 1. The molecule has 0 atom stereocenters. The lowest BCUT2D eigenvalue weighted by atomic mass is 10.0. The number of nitrogens with two attached hydrogens (primary N) is 1. The molecule has 0 radical (unpaired) electrons. The predicted octanol–water partition coefficient (Wildman–Crippen LogP) is 3.26. The van der Waals surface area contributed by atoms with Gasteiger partial charge in [-0.2, -0.15) is 0 Å². The summed E-state index contributed by atoms with van der Waals surface area (Å²) in [5.74, 6) is 1.74. The minimum atomic E-state index is 0.688. The van der Waals surface area contributed by atoms with Gasteiger partial charge in [-0.05, 0) is 44.4 Å². The highest BCUT2D eigenvalue weighted by Gasteiger charge is 2.18. The molecule has 1 aromatic rings. The average molecular weight is 304 g/mol. The Morgan fingerprint density at radius 1 is 1.36 bits per heavy atom. The Bertz CT molecular complexity index is 488. The van der Waals surface area contributed by atoms with Gasteiger partial charge in [-0.3, -0.25) is 4.90 Å². The van der Waals surface area contributed by atoms with Crippen LogP contribution in [0, 0.1) is 0 Å². The standard InChI is InChI=1S/C18H28N2O2/c1-3-5-11-20(10-4-2)12-14-21-17-9-8-16(19)18-15(17)7-6-13-22-18/h3,8-9H,1,4-7,10-14,19H2,2H3. The molecule has 0 unspecified atom stereocenters. The van der Waals surface area contributed by atoms with Crippen LogP contribution < -0.4 is 15.2 Å². The number of ether oxygens (including phenoxy) is 2. The van der Waals surface area contributed by atoms with Crippen molar-refractivity contribution in [3.8, 4) is 11.5 Å². The SMILES string of the molecule is C=CCCN(CCC)CCOc1ccc(N)c2c1CCCO2. The van der Waals surface area contributed by atoms with Gasteiger partial charge in [-0.15, -0.1) is 6.58 Å². The van der Waals surface area contributed by atoms with Gasteiger partial charge < -0.3 is 15.2 Å². The third kappa shape index (κ3) is 4.41. The quantitative estimate of drug-likeness (QED) is 0.562. The summed E-state index contributed by atoms with van der Waals surface area (Å²) in [5.41, 5.74) is 7.82. The summed E-state index contributed by atoms with van der Waals surface area (Å²) in [4.78, 5) is 2.42. The second-order valence-corrected chi connectivity index (χ2v) is 5.68. The molecule has 1 aliphatic heterocycles. The van der Waals surface area contributed by atoms with Crippen LogP contribution in [0.25, 0.3) is 0 Å². The zero-order valence-corrected chi connectivity index (χ0v) is 13.6. The molecule has 2 N–H and O–H groups in total. The van der Waals surface area contributed by atoms with Gasteiger partial charge >= 0.3 is 0 Å². The van der Waals surface area contributed by atoms with Crippen molar-refractivity contribution in [1.29, 1.82) is 0 Å². The fourth-order valence-electron chi connectivity index (χ4n) is 2.80. The van der Waals surface area contributed by atoms with Crippen molar-refractivity contribution in [2.45, 2.75) is 32.6 Å². The highest BCUT2D eigenvalue weighted by atomic mass is 16.5. The van der Waals surface area contributed by atoms with Gasteiger partial charge in [0.25, 0.3) is 0 Å². The molecule has 4 nitrogen and oxygen atoms in total. The van der Waals surface area contributed by atoms with E-state index in [0.29, 0.717) is 12.3 Å². The molecule has 1 aromatic carbocycles. The zero-order chi connectivity index (χ0) is 15.8. The van der Waals surface area contributed by atoms with Crippen LogP contribution in [0.4, 0.5) is 5.69 Å². The topological polar surface area (TPSA) is 47.7 Å². The average Bonchev–Trinajstić information content (AvgIpc) is 2.55. The first kappa shape index (κ1) is 16.7. The third-order valence-electron chi connectivity index (χ3n) is 3.92. The summed E-state index contributed by atoms with van der Waals surface area (Å²) in [6, 6.07) is 3.84. The fourth-order valence-corrected chi connectivity index (χ4v) is 2.80. The van der Waals surface area contributed by atoms with Gasteiger partial charge in [0.1, 0.15) is 18.1 Å². The van der Waals surface area contributed by atoms with E-state index < -0.39 is 0 Å². The highest BCUT2D eigenvalue weighted by Crippen LogP contribution is 2.37. The van der Waals surface area contributed by atoms with Gasteiger partial charge in [0.15, 0.2) is 0 Å². The molecule has 0 amide bonds. The molecule has 0 aromatic heterocycles. The van der Waals surface area contributed by atoms with Gasteiger partial charge in [0, 0.05) is 18.7 Å². The Morgan fingerprint density at radius 2 is 2.23 bits per heavy atom. The van der Waals surface area contributed by atoms with Crippen LogP contribution in [0.5, 0.6) is 11.5 Å². The first-order chi connectivity index (χ1) is 10.8. The fraction of sp³-hybridized carbons (Fsp3) is 0.556. The van der Waals surface area contributed by atoms with E-state index in [9.17, 15) is 0 Å². The molecule has 1 aliphatic rings. The molecule has 0 spiro atoms. The van der Waals surface area contributed by atoms with Crippen molar-refractivity contribution in [3.63, 3.8) is 0 Å². The van der Waals surface area contributed by atoms with Crippen LogP contribution in [0.1, 0.15) is 31.7 Å². The minimum Gasteiger partial charge on any atom is -0.492 e. The molecule has 0 saturated heterocycles. The summed E-state index contributed by atoms with van der Waals surface area (Å²) in [7, 11) is 0. The van der Waals surface area contributed by atoms with Crippen molar-refractivity contribution in [2.75, 3.05) is 38.6 Å². The number of benzene rings is 1. The van der Waals surface area contributed by atoms with Crippen LogP contribution in [-0.4, -0.2) is 37.7 Å². The largest absolute Gasteiger partial charge is 0.492 e. The number of rotatable bonds is 9. The van der Waals surface area contributed by atoms with Crippen molar-refractivity contribution < 1.29 is 9.47 Å².